The van der Waals surface area contributed by atoms with Crippen molar-refractivity contribution in [2.75, 3.05) is 0 Å². The molecule has 1 fully saturated rings. The molecule has 2 bridgehead atoms. The Labute approximate surface area is 127 Å². The van der Waals surface area contributed by atoms with Crippen molar-refractivity contribution in [3.05, 3.63) is 22.8 Å². The molecule has 0 aliphatic heterocycles. The molecule has 0 aromatic rings. The molecule has 0 spiro atoms. The van der Waals surface area contributed by atoms with E-state index in [2.05, 4.69) is 40.7 Å². The predicted molar refractivity (Wildman–Crippen MR) is 87.6 cm³/mol. The summed E-state index contributed by atoms with van der Waals surface area (Å²) in [4.78, 5) is 0. The number of allylic oxidation sites excluding steroid dienone is 4. The molecule has 3 aliphatic rings. The Kier molecular flexibility index (Phi) is 3.13. The maximum Gasteiger partial charge on any atom is 0.0276 e. The van der Waals surface area contributed by atoms with E-state index in [1.807, 2.05) is 0 Å². The lowest BCUT2D eigenvalue weighted by Crippen LogP contribution is -2.41. The van der Waals surface area contributed by atoms with E-state index in [1.54, 1.807) is 11.1 Å². The standard InChI is InChI=1S/C20H32/c1-14-7-6-11-20(5)12-10-17-15(2)8-9-16(13-18(14)20)19(17,3)4/h7,16,18H,6,8-13H2,1-5H3/t16-,18+,20-/m0/s1/i13D/t13?,16-,18+,20-. The van der Waals surface area contributed by atoms with E-state index < -0.39 is 0 Å². The molecule has 1 saturated carbocycles. The van der Waals surface area contributed by atoms with Gasteiger partial charge in [0.05, 0.1) is 0 Å². The Hall–Kier alpha value is -0.520. The third-order valence-corrected chi connectivity index (χ3v) is 6.84. The summed E-state index contributed by atoms with van der Waals surface area (Å²) < 4.78 is 9.13. The van der Waals surface area contributed by atoms with Crippen LogP contribution in [0, 0.1) is 22.7 Å². The molecule has 20 heavy (non-hydrogen) atoms. The second-order valence-corrected chi connectivity index (χ2v) is 8.44. The summed E-state index contributed by atoms with van der Waals surface area (Å²) in [5.41, 5.74) is 5.42. The first-order chi connectivity index (χ1) is 9.77. The second kappa shape index (κ2) is 4.75. The van der Waals surface area contributed by atoms with Crippen molar-refractivity contribution >= 4 is 0 Å². The Bertz CT molecular complexity index is 496. The van der Waals surface area contributed by atoms with Crippen molar-refractivity contribution in [1.82, 2.24) is 0 Å². The molecule has 0 nitrogen and oxygen atoms in total. The molecule has 3 rings (SSSR count). The van der Waals surface area contributed by atoms with Gasteiger partial charge in [0.25, 0.3) is 0 Å². The Balaban J connectivity index is 2.08. The molecular formula is C20H32. The van der Waals surface area contributed by atoms with Gasteiger partial charge in [-0.15, -0.1) is 0 Å². The minimum Gasteiger partial charge on any atom is -0.0853 e. The molecule has 0 aromatic heterocycles. The zero-order chi connectivity index (χ0) is 15.4. The largest absolute Gasteiger partial charge is 0.0853 e. The number of hydrogen-bond donors (Lipinski definition) is 0. The van der Waals surface area contributed by atoms with Gasteiger partial charge in [-0.3, -0.25) is 0 Å². The van der Waals surface area contributed by atoms with Crippen molar-refractivity contribution in [3.63, 3.8) is 0 Å². The SMILES string of the molecule is [2H]C1[C@@H]2CCC(C)=C(CC[C@]3(C)CCC=C(C)[C@@H]13)C2(C)C. The molecule has 0 heteroatoms. The van der Waals surface area contributed by atoms with Crippen molar-refractivity contribution in [3.8, 4) is 0 Å². The van der Waals surface area contributed by atoms with Crippen molar-refractivity contribution in [1.29, 1.82) is 0 Å². The summed E-state index contributed by atoms with van der Waals surface area (Å²) >= 11 is 0. The summed E-state index contributed by atoms with van der Waals surface area (Å²) in [5.74, 6) is 1.01. The van der Waals surface area contributed by atoms with E-state index >= 15 is 0 Å². The third-order valence-electron chi connectivity index (χ3n) is 6.84. The van der Waals surface area contributed by atoms with Gasteiger partial charge in [0, 0.05) is 1.37 Å². The van der Waals surface area contributed by atoms with Gasteiger partial charge in [-0.05, 0) is 81.4 Å². The monoisotopic (exact) mass is 273 g/mol. The lowest BCUT2D eigenvalue weighted by Gasteiger charge is -2.52. The van der Waals surface area contributed by atoms with Crippen LogP contribution in [0.1, 0.15) is 80.9 Å². The lowest BCUT2D eigenvalue weighted by atomic mass is 9.53. The van der Waals surface area contributed by atoms with Gasteiger partial charge < -0.3 is 0 Å². The predicted octanol–water partition coefficient (Wildman–Crippen LogP) is 6.29. The number of rotatable bonds is 0. The van der Waals surface area contributed by atoms with Crippen LogP contribution in [0.15, 0.2) is 22.8 Å². The molecule has 0 saturated heterocycles. The molecule has 4 atom stereocenters. The van der Waals surface area contributed by atoms with Crippen molar-refractivity contribution in [2.24, 2.45) is 22.7 Å². The molecule has 0 N–H and O–H groups in total. The third kappa shape index (κ3) is 2.11. The summed E-state index contributed by atoms with van der Waals surface area (Å²) in [7, 11) is 0. The highest BCUT2D eigenvalue weighted by Gasteiger charge is 2.46. The normalized spacial score (nSPS) is 45.0. The fourth-order valence-corrected chi connectivity index (χ4v) is 5.30. The summed E-state index contributed by atoms with van der Waals surface area (Å²) in [6.07, 6.45) is 9.99. The van der Waals surface area contributed by atoms with E-state index in [4.69, 9.17) is 1.37 Å². The average Bonchev–Trinajstić information content (AvgIpc) is 2.36. The summed E-state index contributed by atoms with van der Waals surface area (Å²) in [6.45, 7) is 12.0. The van der Waals surface area contributed by atoms with Crippen LogP contribution < -0.4 is 0 Å². The van der Waals surface area contributed by atoms with Crippen LogP contribution in [-0.4, -0.2) is 0 Å². The summed E-state index contributed by atoms with van der Waals surface area (Å²) in [6, 6.07) is 0. The molecule has 1 unspecified atom stereocenters. The van der Waals surface area contributed by atoms with E-state index in [9.17, 15) is 0 Å². The van der Waals surface area contributed by atoms with E-state index in [0.29, 0.717) is 17.3 Å². The Morgan fingerprint density at radius 3 is 2.65 bits per heavy atom. The minimum atomic E-state index is 0.0740. The smallest absolute Gasteiger partial charge is 0.0276 e. The molecule has 112 valence electrons. The number of hydrogen-bond acceptors (Lipinski definition) is 0. The van der Waals surface area contributed by atoms with Crippen LogP contribution in [0.25, 0.3) is 0 Å². The van der Waals surface area contributed by atoms with Crippen molar-refractivity contribution < 1.29 is 1.37 Å². The Morgan fingerprint density at radius 1 is 1.15 bits per heavy atom. The first-order valence-corrected chi connectivity index (χ1v) is 8.55. The van der Waals surface area contributed by atoms with Gasteiger partial charge in [-0.25, -0.2) is 0 Å². The van der Waals surface area contributed by atoms with Gasteiger partial charge in [-0.2, -0.15) is 0 Å². The lowest BCUT2D eigenvalue weighted by molar-refractivity contribution is 0.0802. The fraction of sp³-hybridized carbons (Fsp3) is 0.800. The van der Waals surface area contributed by atoms with E-state index in [-0.39, 0.29) is 11.8 Å². The van der Waals surface area contributed by atoms with Crippen LogP contribution in [0.5, 0.6) is 0 Å². The van der Waals surface area contributed by atoms with Crippen LogP contribution in [0.2, 0.25) is 0 Å². The van der Waals surface area contributed by atoms with Crippen LogP contribution in [0.4, 0.5) is 0 Å². The minimum absolute atomic E-state index is 0.0740. The average molecular weight is 273 g/mol. The fourth-order valence-electron chi connectivity index (χ4n) is 5.30. The maximum atomic E-state index is 9.13. The van der Waals surface area contributed by atoms with Crippen LogP contribution in [-0.2, 0) is 0 Å². The highest BCUT2D eigenvalue weighted by Crippen LogP contribution is 2.57. The van der Waals surface area contributed by atoms with E-state index in [0.717, 1.165) is 0 Å². The van der Waals surface area contributed by atoms with Gasteiger partial charge in [-0.1, -0.05) is 43.6 Å². The Morgan fingerprint density at radius 2 is 1.90 bits per heavy atom. The van der Waals surface area contributed by atoms with Crippen molar-refractivity contribution in [2.45, 2.75) is 79.5 Å². The van der Waals surface area contributed by atoms with E-state index in [1.165, 1.54) is 44.1 Å². The number of fused-ring (bicyclic) bond motifs is 3. The molecule has 0 heterocycles. The second-order valence-electron chi connectivity index (χ2n) is 8.44. The topological polar surface area (TPSA) is 0 Å². The summed E-state index contributed by atoms with van der Waals surface area (Å²) in [5, 5.41) is 0. The molecule has 0 amide bonds. The van der Waals surface area contributed by atoms with Crippen LogP contribution >= 0.6 is 0 Å². The zero-order valence-corrected chi connectivity index (χ0v) is 14.1. The highest BCUT2D eigenvalue weighted by atomic mass is 14.5. The van der Waals surface area contributed by atoms with Gasteiger partial charge in [0.1, 0.15) is 0 Å². The highest BCUT2D eigenvalue weighted by molar-refractivity contribution is 5.27. The maximum absolute atomic E-state index is 9.13. The zero-order valence-electron chi connectivity index (χ0n) is 15.1. The van der Waals surface area contributed by atoms with Gasteiger partial charge in [0.15, 0.2) is 0 Å². The molecule has 0 radical (unpaired) electrons. The van der Waals surface area contributed by atoms with Gasteiger partial charge >= 0.3 is 0 Å². The first kappa shape index (κ1) is 13.2. The first-order valence-electron chi connectivity index (χ1n) is 9.13. The van der Waals surface area contributed by atoms with Crippen LogP contribution in [0.3, 0.4) is 0 Å². The quantitative estimate of drug-likeness (QED) is 0.455. The molecule has 0 aromatic carbocycles. The van der Waals surface area contributed by atoms with Gasteiger partial charge in [0.2, 0.25) is 0 Å². The molecular weight excluding hydrogens is 240 g/mol. The molecule has 3 aliphatic carbocycles.